The molecule has 0 saturated heterocycles. The zero-order valence-electron chi connectivity index (χ0n) is 13.1. The third-order valence-electron chi connectivity index (χ3n) is 3.78. The van der Waals surface area contributed by atoms with Crippen molar-refractivity contribution in [1.82, 2.24) is 0 Å². The van der Waals surface area contributed by atoms with E-state index in [9.17, 15) is 0 Å². The predicted octanol–water partition coefficient (Wildman–Crippen LogP) is 0.952. The van der Waals surface area contributed by atoms with Gasteiger partial charge in [-0.05, 0) is 33.7 Å². The molecule has 1 aromatic heterocycles. The molecule has 0 fully saturated rings. The molecular weight excluding hydrogens is 514 g/mol. The molecule has 0 bridgehead atoms. The van der Waals surface area contributed by atoms with Gasteiger partial charge in [-0.25, -0.2) is 12.2 Å². The van der Waals surface area contributed by atoms with Crippen LogP contribution in [0.3, 0.4) is 0 Å². The third kappa shape index (κ3) is 4.70. The van der Waals surface area contributed by atoms with Gasteiger partial charge in [0.15, 0.2) is 0 Å². The number of thiophene rings is 1. The molecule has 1 heterocycles. The maximum absolute atomic E-state index is 3.55. The van der Waals surface area contributed by atoms with Crippen molar-refractivity contribution in [1.29, 1.82) is 0 Å². The molecule has 0 aliphatic heterocycles. The molecule has 0 nitrogen and oxygen atoms in total. The Hall–Kier alpha value is -0.307. The average Bonchev–Trinajstić information content (AvgIpc) is 3.25. The minimum atomic E-state index is 0. The Balaban J connectivity index is 0.000000344. The molecule has 0 radical (unpaired) electrons. The average molecular weight is 527 g/mol. The standard InChI is InChI=1S/C15H8BrS.C5H5.2ClH.Zr/c16-10-5-6-14-12(8-10)13-7-9-3-1-2-4-11(9)15(13)17-14;1-2-4-5-3-1;;;/h1-8H;1-3H,4H2;2*1H;/q2*-1;;;+4/p-2. The van der Waals surface area contributed by atoms with Crippen molar-refractivity contribution in [2.75, 3.05) is 0 Å². The number of benzene rings is 2. The van der Waals surface area contributed by atoms with Gasteiger partial charge in [0.1, 0.15) is 0 Å². The van der Waals surface area contributed by atoms with Gasteiger partial charge < -0.3 is 24.8 Å². The van der Waals surface area contributed by atoms with Crippen LogP contribution in [-0.4, -0.2) is 0 Å². The van der Waals surface area contributed by atoms with E-state index >= 15 is 0 Å². The van der Waals surface area contributed by atoms with Crippen LogP contribution >= 0.6 is 27.3 Å². The van der Waals surface area contributed by atoms with Crippen LogP contribution in [0.5, 0.6) is 0 Å². The second kappa shape index (κ2) is 10.1. The maximum atomic E-state index is 3.55. The van der Waals surface area contributed by atoms with E-state index in [0.29, 0.717) is 0 Å². The van der Waals surface area contributed by atoms with Crippen LogP contribution in [0.4, 0.5) is 0 Å². The first-order valence-corrected chi connectivity index (χ1v) is 8.82. The molecule has 0 saturated carbocycles. The van der Waals surface area contributed by atoms with Gasteiger partial charge in [-0.2, -0.15) is 6.08 Å². The zero-order chi connectivity index (χ0) is 14.9. The number of rotatable bonds is 0. The fraction of sp³-hybridized carbons (Fsp3) is 0.0500. The quantitative estimate of drug-likeness (QED) is 0.299. The summed E-state index contributed by atoms with van der Waals surface area (Å²) in [5.74, 6) is 0. The van der Waals surface area contributed by atoms with Gasteiger partial charge in [-0.3, -0.25) is 6.08 Å². The largest absolute Gasteiger partial charge is 4.00 e. The van der Waals surface area contributed by atoms with Crippen molar-refractivity contribution in [3.8, 4) is 11.1 Å². The molecule has 0 atom stereocenters. The van der Waals surface area contributed by atoms with Gasteiger partial charge in [0, 0.05) is 9.17 Å². The number of halogens is 3. The summed E-state index contributed by atoms with van der Waals surface area (Å²) in [4.78, 5) is 0. The Morgan fingerprint density at radius 3 is 2.60 bits per heavy atom. The van der Waals surface area contributed by atoms with Gasteiger partial charge in [0.05, 0.1) is 0 Å². The van der Waals surface area contributed by atoms with Crippen molar-refractivity contribution in [2.24, 2.45) is 0 Å². The normalized spacial score (nSPS) is 11.6. The summed E-state index contributed by atoms with van der Waals surface area (Å²) in [6, 6.07) is 17.4. The van der Waals surface area contributed by atoms with E-state index in [1.54, 1.807) is 0 Å². The van der Waals surface area contributed by atoms with E-state index in [1.807, 2.05) is 23.5 Å². The fourth-order valence-electron chi connectivity index (χ4n) is 2.76. The summed E-state index contributed by atoms with van der Waals surface area (Å²) in [6.07, 6.45) is 10.0. The monoisotopic (exact) mass is 524 g/mol. The summed E-state index contributed by atoms with van der Waals surface area (Å²) in [7, 11) is 0. The molecule has 0 unspecified atom stereocenters. The topological polar surface area (TPSA) is 0 Å². The van der Waals surface area contributed by atoms with Crippen molar-refractivity contribution < 1.29 is 51.0 Å². The van der Waals surface area contributed by atoms with Crippen LogP contribution in [0, 0.1) is 6.08 Å². The fourth-order valence-corrected chi connectivity index (χ4v) is 4.33. The molecule has 3 aliphatic rings. The summed E-state index contributed by atoms with van der Waals surface area (Å²) in [6.45, 7) is 0. The molecule has 124 valence electrons. The molecule has 1 aromatic carbocycles. The number of hydrogen-bond acceptors (Lipinski definition) is 1. The first-order chi connectivity index (χ1) is 10.8. The maximum Gasteiger partial charge on any atom is 4.00 e. The molecule has 0 N–H and O–H groups in total. The van der Waals surface area contributed by atoms with E-state index in [0.717, 1.165) is 10.9 Å². The van der Waals surface area contributed by atoms with Crippen LogP contribution in [0.25, 0.3) is 31.3 Å². The summed E-state index contributed by atoms with van der Waals surface area (Å²) >= 11 is 5.44. The Morgan fingerprint density at radius 1 is 1.08 bits per heavy atom. The number of allylic oxidation sites excluding steroid dienone is 4. The second-order valence-electron chi connectivity index (χ2n) is 5.22. The van der Waals surface area contributed by atoms with Gasteiger partial charge in [0.25, 0.3) is 0 Å². The van der Waals surface area contributed by atoms with E-state index in [2.05, 4.69) is 76.6 Å². The van der Waals surface area contributed by atoms with Crippen LogP contribution in [0.15, 0.2) is 71.2 Å². The predicted molar refractivity (Wildman–Crippen MR) is 101 cm³/mol. The Bertz CT molecular complexity index is 974. The van der Waals surface area contributed by atoms with Crippen molar-refractivity contribution in [3.05, 3.63) is 77.3 Å². The van der Waals surface area contributed by atoms with Gasteiger partial charge >= 0.3 is 26.2 Å². The SMILES string of the molecule is Brc1ccc2sc3c4ccc[cH-]c-4cc3c2c1.[C-]1=CC=CC1.[Cl-].[Cl-].[Zr+4]. The molecule has 5 rings (SSSR count). The minimum absolute atomic E-state index is 0. The van der Waals surface area contributed by atoms with Crippen LogP contribution in [0.2, 0.25) is 0 Å². The Labute approximate surface area is 191 Å². The molecule has 0 amide bonds. The molecule has 0 spiro atoms. The summed E-state index contributed by atoms with van der Waals surface area (Å²) in [5, 5.41) is 2.74. The molecule has 3 aliphatic carbocycles. The first kappa shape index (κ1) is 22.7. The minimum Gasteiger partial charge on any atom is -1.00 e. The van der Waals surface area contributed by atoms with E-state index in [-0.39, 0.29) is 51.0 Å². The van der Waals surface area contributed by atoms with Crippen molar-refractivity contribution in [3.63, 3.8) is 0 Å². The Morgan fingerprint density at radius 2 is 1.92 bits per heavy atom. The smallest absolute Gasteiger partial charge is 1.00 e. The summed E-state index contributed by atoms with van der Waals surface area (Å²) < 4.78 is 3.92. The number of fused-ring (bicyclic) bond motifs is 5. The molecule has 2 aromatic rings. The third-order valence-corrected chi connectivity index (χ3v) is 5.49. The van der Waals surface area contributed by atoms with Gasteiger partial charge in [0.2, 0.25) is 0 Å². The van der Waals surface area contributed by atoms with Gasteiger partial charge in [-0.1, -0.05) is 21.5 Å². The van der Waals surface area contributed by atoms with E-state index in [1.165, 1.54) is 31.3 Å². The Kier molecular flexibility index (Phi) is 9.22. The van der Waals surface area contributed by atoms with Gasteiger partial charge in [-0.15, -0.1) is 53.7 Å². The zero-order valence-corrected chi connectivity index (χ0v) is 19.5. The van der Waals surface area contributed by atoms with Crippen molar-refractivity contribution >= 4 is 47.4 Å². The molecule has 5 heteroatoms. The summed E-state index contributed by atoms with van der Waals surface area (Å²) in [5.41, 5.74) is 2.72. The first-order valence-electron chi connectivity index (χ1n) is 7.21. The van der Waals surface area contributed by atoms with Crippen LogP contribution < -0.4 is 24.8 Å². The van der Waals surface area contributed by atoms with E-state index in [4.69, 9.17) is 0 Å². The van der Waals surface area contributed by atoms with E-state index < -0.39 is 0 Å². The molecular formula is C20H13BrCl2SZr. The van der Waals surface area contributed by atoms with Crippen LogP contribution in [0.1, 0.15) is 6.42 Å². The van der Waals surface area contributed by atoms with Crippen LogP contribution in [-0.2, 0) is 26.2 Å². The number of hydrogen-bond donors (Lipinski definition) is 0. The molecule has 25 heavy (non-hydrogen) atoms. The second-order valence-corrected chi connectivity index (χ2v) is 7.19. The van der Waals surface area contributed by atoms with Crippen molar-refractivity contribution in [2.45, 2.75) is 6.42 Å².